The lowest BCUT2D eigenvalue weighted by atomic mass is 9.80. The summed E-state index contributed by atoms with van der Waals surface area (Å²) in [6.07, 6.45) is 16.2. The van der Waals surface area contributed by atoms with Crippen LogP contribution in [0, 0.1) is 40.7 Å². The van der Waals surface area contributed by atoms with Crippen LogP contribution in [0.4, 0.5) is 4.79 Å². The predicted octanol–water partition coefficient (Wildman–Crippen LogP) is 5.70. The van der Waals surface area contributed by atoms with Crippen molar-refractivity contribution in [2.24, 2.45) is 35.5 Å². The van der Waals surface area contributed by atoms with Gasteiger partial charge in [-0.3, -0.25) is 4.79 Å². The van der Waals surface area contributed by atoms with Crippen LogP contribution in [0.5, 0.6) is 0 Å². The van der Waals surface area contributed by atoms with Crippen molar-refractivity contribution in [3.05, 3.63) is 30.6 Å². The minimum Gasteiger partial charge on any atom is -0.759 e. The average Bonchev–Trinajstić information content (AvgIpc) is 3.01. The second-order valence-corrected chi connectivity index (χ2v) is 12.6. The monoisotopic (exact) mass is 574 g/mol. The molecule has 0 heterocycles. The number of nitrogens with one attached hydrogen (secondary N) is 2. The van der Waals surface area contributed by atoms with E-state index in [-0.39, 0.29) is 18.0 Å². The van der Waals surface area contributed by atoms with Crippen LogP contribution in [-0.4, -0.2) is 55.9 Å². The van der Waals surface area contributed by atoms with Crippen LogP contribution in [0.25, 0.3) is 0 Å². The maximum Gasteiger partial charge on any atom is 0.407 e. The Morgan fingerprint density at radius 2 is 1.20 bits per heavy atom. The summed E-state index contributed by atoms with van der Waals surface area (Å²) in [5.74, 6) is 2.53. The van der Waals surface area contributed by atoms with Gasteiger partial charge >= 0.3 is 12.1 Å². The molecule has 0 aromatic carbocycles. The van der Waals surface area contributed by atoms with Crippen molar-refractivity contribution in [2.75, 3.05) is 32.8 Å². The molecule has 0 spiro atoms. The third kappa shape index (κ3) is 12.9. The minimum atomic E-state index is -0.372. The summed E-state index contributed by atoms with van der Waals surface area (Å²) in [4.78, 5) is 35.9. The average molecular weight is 575 g/mol. The van der Waals surface area contributed by atoms with Gasteiger partial charge in [0.05, 0.1) is 13.2 Å². The van der Waals surface area contributed by atoms with E-state index in [0.29, 0.717) is 68.2 Å². The van der Waals surface area contributed by atoms with Gasteiger partial charge in [-0.05, 0) is 112 Å². The Balaban J connectivity index is 1.16. The van der Waals surface area contributed by atoms with Gasteiger partial charge in [0, 0.05) is 32.1 Å². The molecule has 0 unspecified atom stereocenters. The van der Waals surface area contributed by atoms with E-state index in [9.17, 15) is 19.6 Å². The number of rotatable bonds is 15. The van der Waals surface area contributed by atoms with Gasteiger partial charge in [-0.15, -0.1) is 0 Å². The largest absolute Gasteiger partial charge is 0.759 e. The van der Waals surface area contributed by atoms with Crippen LogP contribution in [0.3, 0.4) is 0 Å². The highest BCUT2D eigenvalue weighted by Crippen LogP contribution is 2.32. The molecule has 0 atom stereocenters. The van der Waals surface area contributed by atoms with Crippen molar-refractivity contribution < 1.29 is 23.9 Å². The number of carbonyl (C=O) groups is 3. The fraction of sp³-hybridized carbons (Fsp3) is 0.781. The molecular formula is C32H52N3O6-. The summed E-state index contributed by atoms with van der Waals surface area (Å²) in [5, 5.41) is 18.5. The summed E-state index contributed by atoms with van der Waals surface area (Å²) in [5.41, 5.74) is 0. The fourth-order valence-corrected chi connectivity index (χ4v) is 6.65. The maximum atomic E-state index is 12.4. The number of nitrogens with zero attached hydrogens (tertiary/aromatic N) is 1. The van der Waals surface area contributed by atoms with Crippen LogP contribution in [0.1, 0.15) is 89.9 Å². The summed E-state index contributed by atoms with van der Waals surface area (Å²) in [7, 11) is 0. The predicted molar refractivity (Wildman–Crippen MR) is 159 cm³/mol. The first-order valence-corrected chi connectivity index (χ1v) is 15.9. The topological polar surface area (TPSA) is 120 Å². The Morgan fingerprint density at radius 3 is 1.76 bits per heavy atom. The number of carbonyl (C=O) groups excluding carboxylic acids is 3. The second kappa shape index (κ2) is 18.1. The maximum absolute atomic E-state index is 12.4. The number of ether oxygens (including phenoxy) is 2. The van der Waals surface area contributed by atoms with E-state index in [0.717, 1.165) is 95.1 Å². The lowest BCUT2D eigenvalue weighted by Crippen LogP contribution is -2.35. The molecule has 0 aromatic rings. The smallest absolute Gasteiger partial charge is 0.407 e. The third-order valence-corrected chi connectivity index (χ3v) is 9.52. The lowest BCUT2D eigenvalue weighted by Gasteiger charge is -2.35. The van der Waals surface area contributed by atoms with Gasteiger partial charge in [-0.25, -0.2) is 9.59 Å². The molecule has 3 fully saturated rings. The van der Waals surface area contributed by atoms with E-state index >= 15 is 0 Å². The number of alkyl carbamates (subject to hydrolysis) is 1. The van der Waals surface area contributed by atoms with Crippen molar-refractivity contribution in [2.45, 2.75) is 89.9 Å². The molecule has 9 heteroatoms. The van der Waals surface area contributed by atoms with E-state index in [2.05, 4.69) is 23.8 Å². The van der Waals surface area contributed by atoms with E-state index in [4.69, 9.17) is 9.47 Å². The van der Waals surface area contributed by atoms with Gasteiger partial charge in [0.2, 0.25) is 5.91 Å². The highest BCUT2D eigenvalue weighted by atomic mass is 16.5. The van der Waals surface area contributed by atoms with Crippen molar-refractivity contribution in [3.63, 3.8) is 0 Å². The molecule has 9 nitrogen and oxygen atoms in total. The summed E-state index contributed by atoms with van der Waals surface area (Å²) >= 11 is 0. The number of hydroxylamine groups is 2. The summed E-state index contributed by atoms with van der Waals surface area (Å²) in [6.45, 7) is 9.75. The molecule has 0 saturated heterocycles. The molecule has 41 heavy (non-hydrogen) atoms. The Labute approximate surface area is 246 Å². The summed E-state index contributed by atoms with van der Waals surface area (Å²) < 4.78 is 10.6. The molecule has 0 aliphatic heterocycles. The van der Waals surface area contributed by atoms with Crippen LogP contribution < -0.4 is 10.6 Å². The van der Waals surface area contributed by atoms with Gasteiger partial charge in [-0.1, -0.05) is 26.0 Å². The Bertz CT molecular complexity index is 827. The molecule has 3 aliphatic rings. The highest BCUT2D eigenvalue weighted by Gasteiger charge is 2.25. The zero-order valence-electron chi connectivity index (χ0n) is 24.9. The SMILES string of the molecule is C=CC(=O)OCC1CCC(COC(=O)NCC2CCC(CNC(=O)CCC3CCC(CN([O-])C=C)CC3)CC2)CC1. The van der Waals surface area contributed by atoms with Gasteiger partial charge < -0.3 is 30.4 Å². The van der Waals surface area contributed by atoms with Crippen molar-refractivity contribution in [1.82, 2.24) is 15.7 Å². The molecule has 232 valence electrons. The molecule has 0 bridgehead atoms. The molecule has 3 rings (SSSR count). The van der Waals surface area contributed by atoms with Crippen molar-refractivity contribution >= 4 is 18.0 Å². The number of esters is 1. The third-order valence-electron chi connectivity index (χ3n) is 9.52. The standard InChI is InChI=1S/C32H52N3O6/c1-3-31(37)40-22-28-13-15-29(16-14-28)23-41-32(38)34-20-26-9-7-25(8-10-26)19-33-30(36)18-17-24-5-11-27(12-6-24)21-35(39)4-2/h3-4,24-29H,1-2,5-23H2,(H,33,36)(H,34,38)/q-1. The van der Waals surface area contributed by atoms with Crippen LogP contribution >= 0.6 is 0 Å². The van der Waals surface area contributed by atoms with Gasteiger partial charge in [0.1, 0.15) is 0 Å². The zero-order valence-corrected chi connectivity index (χ0v) is 24.9. The Kier molecular flexibility index (Phi) is 14.5. The van der Waals surface area contributed by atoms with Crippen LogP contribution in [0.15, 0.2) is 25.4 Å². The first-order valence-electron chi connectivity index (χ1n) is 15.9. The number of hydrogen-bond donors (Lipinski definition) is 2. The van der Waals surface area contributed by atoms with Crippen molar-refractivity contribution in [1.29, 1.82) is 0 Å². The molecule has 2 N–H and O–H groups in total. The number of hydrogen-bond acceptors (Lipinski definition) is 7. The summed E-state index contributed by atoms with van der Waals surface area (Å²) in [6, 6.07) is 0. The molecule has 3 aliphatic carbocycles. The first-order chi connectivity index (χ1) is 19.8. The molecular weight excluding hydrogens is 522 g/mol. The van der Waals surface area contributed by atoms with E-state index < -0.39 is 0 Å². The van der Waals surface area contributed by atoms with Gasteiger partial charge in [0.15, 0.2) is 0 Å². The Morgan fingerprint density at radius 1 is 0.707 bits per heavy atom. The quantitative estimate of drug-likeness (QED) is 0.146. The molecule has 3 saturated carbocycles. The van der Waals surface area contributed by atoms with Gasteiger partial charge in [-0.2, -0.15) is 0 Å². The van der Waals surface area contributed by atoms with Gasteiger partial charge in [0.25, 0.3) is 0 Å². The first kappa shape index (κ1) is 33.0. The van der Waals surface area contributed by atoms with Crippen LogP contribution in [-0.2, 0) is 19.1 Å². The van der Waals surface area contributed by atoms with Crippen LogP contribution in [0.2, 0.25) is 0 Å². The molecule has 2 amide bonds. The van der Waals surface area contributed by atoms with E-state index in [1.165, 1.54) is 12.3 Å². The zero-order chi connectivity index (χ0) is 29.5. The normalized spacial score (nSPS) is 28.1. The minimum absolute atomic E-state index is 0.153. The van der Waals surface area contributed by atoms with E-state index in [1.807, 2.05) is 0 Å². The fourth-order valence-electron chi connectivity index (χ4n) is 6.65. The highest BCUT2D eigenvalue weighted by molar-refractivity contribution is 5.81. The second-order valence-electron chi connectivity index (χ2n) is 12.6. The van der Waals surface area contributed by atoms with E-state index in [1.54, 1.807) is 0 Å². The van der Waals surface area contributed by atoms with Crippen molar-refractivity contribution in [3.8, 4) is 0 Å². The molecule has 0 aromatic heterocycles. The lowest BCUT2D eigenvalue weighted by molar-refractivity contribution is -0.139. The Hall–Kier alpha value is -2.55. The molecule has 0 radical (unpaired) electrons. The number of amides is 2.